The lowest BCUT2D eigenvalue weighted by Crippen LogP contribution is -2.23. The highest BCUT2D eigenvalue weighted by molar-refractivity contribution is 6.32. The van der Waals surface area contributed by atoms with Crippen molar-refractivity contribution < 1.29 is 13.9 Å². The average molecular weight is 395 g/mol. The number of aromatic nitrogens is 3. The van der Waals surface area contributed by atoms with Crippen LogP contribution in [-0.2, 0) is 4.79 Å². The van der Waals surface area contributed by atoms with Crippen LogP contribution in [0.25, 0.3) is 16.7 Å². The fourth-order valence-corrected chi connectivity index (χ4v) is 3.83. The molecule has 8 heteroatoms. The lowest BCUT2D eigenvalue weighted by Gasteiger charge is -2.24. The van der Waals surface area contributed by atoms with Crippen molar-refractivity contribution in [3.8, 4) is 11.4 Å². The van der Waals surface area contributed by atoms with Gasteiger partial charge in [0.1, 0.15) is 22.5 Å². The zero-order valence-electron chi connectivity index (χ0n) is 14.8. The van der Waals surface area contributed by atoms with Gasteiger partial charge in [0.25, 0.3) is 0 Å². The van der Waals surface area contributed by atoms with Crippen LogP contribution in [0, 0.1) is 0 Å². The number of hydrogen-bond acceptors (Lipinski definition) is 5. The topological polar surface area (TPSA) is 82.2 Å². The van der Waals surface area contributed by atoms with Gasteiger partial charge in [0.05, 0.1) is 30.0 Å². The summed E-state index contributed by atoms with van der Waals surface area (Å²) in [5, 5.41) is 12.7. The molecule has 2 aromatic heterocycles. The van der Waals surface area contributed by atoms with Crippen molar-refractivity contribution in [2.75, 3.05) is 12.4 Å². The van der Waals surface area contributed by atoms with Crippen LogP contribution in [-0.4, -0.2) is 28.0 Å². The van der Waals surface area contributed by atoms with Gasteiger partial charge in [0.15, 0.2) is 0 Å². The van der Waals surface area contributed by atoms with Gasteiger partial charge in [-0.2, -0.15) is 4.80 Å². The van der Waals surface area contributed by atoms with Crippen molar-refractivity contribution in [2.24, 2.45) is 0 Å². The van der Waals surface area contributed by atoms with E-state index in [0.717, 1.165) is 22.5 Å². The number of halogens is 1. The maximum Gasteiger partial charge on any atom is 0.225 e. The first kappa shape index (κ1) is 16.8. The molecule has 0 bridgehead atoms. The Bertz CT molecular complexity index is 1200. The molecule has 1 aliphatic rings. The molecule has 3 heterocycles. The normalized spacial score (nSPS) is 16.1. The number of rotatable bonds is 3. The summed E-state index contributed by atoms with van der Waals surface area (Å²) in [7, 11) is 1.57. The predicted octanol–water partition coefficient (Wildman–Crippen LogP) is 4.15. The predicted molar refractivity (Wildman–Crippen MR) is 104 cm³/mol. The van der Waals surface area contributed by atoms with E-state index in [9.17, 15) is 4.79 Å². The van der Waals surface area contributed by atoms with Crippen LogP contribution in [0.5, 0.6) is 5.75 Å². The minimum absolute atomic E-state index is 0.0532. The molecule has 0 saturated carbocycles. The number of nitrogens with one attached hydrogen (secondary N) is 1. The fourth-order valence-electron chi connectivity index (χ4n) is 3.58. The molecule has 1 N–H and O–H groups in total. The van der Waals surface area contributed by atoms with E-state index in [2.05, 4.69) is 10.4 Å². The number of nitrogens with zero attached hydrogens (tertiary/aromatic N) is 3. The summed E-state index contributed by atoms with van der Waals surface area (Å²) >= 11 is 6.25. The van der Waals surface area contributed by atoms with E-state index < -0.39 is 0 Å². The minimum Gasteiger partial charge on any atom is -0.495 e. The number of carbonyl (C=O) groups excluding carboxylic acids is 1. The van der Waals surface area contributed by atoms with Crippen molar-refractivity contribution in [1.82, 2.24) is 15.0 Å². The quantitative estimate of drug-likeness (QED) is 0.564. The number of methoxy groups -OCH3 is 1. The molecule has 0 radical (unpaired) electrons. The molecule has 0 fully saturated rings. The molecule has 7 nitrogen and oxygen atoms in total. The Morgan fingerprint density at radius 1 is 1.25 bits per heavy atom. The number of benzene rings is 2. The maximum absolute atomic E-state index is 12.2. The standard InChI is InChI=1S/C20H15ClN4O3/c1-27-17-7-4-11(9-13(17)21)25-23-15-6-5-14-19(20(15)24-25)12(10-18(26)22-14)16-3-2-8-28-16/h2-9,12H,10H2,1H3,(H,22,26). The van der Waals surface area contributed by atoms with Crippen LogP contribution in [0.4, 0.5) is 5.69 Å². The number of fused-ring (bicyclic) bond motifs is 3. The van der Waals surface area contributed by atoms with Gasteiger partial charge in [0, 0.05) is 17.7 Å². The van der Waals surface area contributed by atoms with Crippen molar-refractivity contribution in [3.05, 3.63) is 65.1 Å². The zero-order valence-corrected chi connectivity index (χ0v) is 15.6. The molecule has 0 saturated heterocycles. The lowest BCUT2D eigenvalue weighted by molar-refractivity contribution is -0.116. The van der Waals surface area contributed by atoms with Crippen LogP contribution in [0.2, 0.25) is 5.02 Å². The van der Waals surface area contributed by atoms with Crippen molar-refractivity contribution in [1.29, 1.82) is 0 Å². The van der Waals surface area contributed by atoms with Crippen LogP contribution in [0.15, 0.2) is 53.1 Å². The van der Waals surface area contributed by atoms with E-state index in [-0.39, 0.29) is 11.8 Å². The summed E-state index contributed by atoms with van der Waals surface area (Å²) in [4.78, 5) is 13.7. The van der Waals surface area contributed by atoms with Crippen molar-refractivity contribution in [3.63, 3.8) is 0 Å². The Hall–Kier alpha value is -3.32. The van der Waals surface area contributed by atoms with Gasteiger partial charge < -0.3 is 14.5 Å². The number of hydrogen-bond donors (Lipinski definition) is 1. The van der Waals surface area contributed by atoms with Gasteiger partial charge in [-0.15, -0.1) is 10.2 Å². The highest BCUT2D eigenvalue weighted by atomic mass is 35.5. The summed E-state index contributed by atoms with van der Waals surface area (Å²) in [6.07, 6.45) is 1.90. The molecule has 0 aliphatic carbocycles. The molecule has 1 atom stereocenters. The molecule has 1 aliphatic heterocycles. The first-order valence-electron chi connectivity index (χ1n) is 8.71. The van der Waals surface area contributed by atoms with E-state index in [0.29, 0.717) is 28.4 Å². The van der Waals surface area contributed by atoms with E-state index >= 15 is 0 Å². The van der Waals surface area contributed by atoms with Gasteiger partial charge in [-0.05, 0) is 42.5 Å². The molecule has 1 amide bonds. The molecule has 5 rings (SSSR count). The fraction of sp³-hybridized carbons (Fsp3) is 0.150. The van der Waals surface area contributed by atoms with E-state index in [1.54, 1.807) is 25.5 Å². The highest BCUT2D eigenvalue weighted by Crippen LogP contribution is 2.41. The molecule has 1 unspecified atom stereocenters. The van der Waals surface area contributed by atoms with Gasteiger partial charge >= 0.3 is 0 Å². The molecule has 140 valence electrons. The summed E-state index contributed by atoms with van der Waals surface area (Å²) < 4.78 is 10.8. The Kier molecular flexibility index (Phi) is 3.84. The summed E-state index contributed by atoms with van der Waals surface area (Å²) in [6, 6.07) is 12.7. The third-order valence-corrected chi connectivity index (χ3v) is 5.15. The van der Waals surface area contributed by atoms with Crippen LogP contribution >= 0.6 is 11.6 Å². The van der Waals surface area contributed by atoms with Crippen LogP contribution in [0.1, 0.15) is 23.7 Å². The van der Waals surface area contributed by atoms with E-state index in [4.69, 9.17) is 25.9 Å². The Labute approximate surface area is 164 Å². The second kappa shape index (κ2) is 6.38. The third kappa shape index (κ3) is 2.63. The molecule has 0 spiro atoms. The smallest absolute Gasteiger partial charge is 0.225 e. The first-order chi connectivity index (χ1) is 13.6. The molecule has 2 aromatic carbocycles. The number of amides is 1. The molecular formula is C20H15ClN4O3. The monoisotopic (exact) mass is 394 g/mol. The SMILES string of the molecule is COc1ccc(-n2nc3ccc4c(c3n2)C(c2ccco2)CC(=O)N4)cc1Cl. The lowest BCUT2D eigenvalue weighted by atomic mass is 9.87. The number of anilines is 1. The first-order valence-corrected chi connectivity index (χ1v) is 9.09. The highest BCUT2D eigenvalue weighted by Gasteiger charge is 2.31. The van der Waals surface area contributed by atoms with E-state index in [1.807, 2.05) is 30.3 Å². The number of ether oxygens (including phenoxy) is 1. The second-order valence-electron chi connectivity index (χ2n) is 6.52. The van der Waals surface area contributed by atoms with Crippen molar-refractivity contribution in [2.45, 2.75) is 12.3 Å². The maximum atomic E-state index is 12.2. The average Bonchev–Trinajstić information content (AvgIpc) is 3.36. The van der Waals surface area contributed by atoms with E-state index in [1.165, 1.54) is 4.80 Å². The molecule has 4 aromatic rings. The Morgan fingerprint density at radius 2 is 2.14 bits per heavy atom. The van der Waals surface area contributed by atoms with Gasteiger partial charge in [-0.3, -0.25) is 4.79 Å². The molecular weight excluding hydrogens is 380 g/mol. The van der Waals surface area contributed by atoms with Gasteiger partial charge in [-0.1, -0.05) is 11.6 Å². The zero-order chi connectivity index (χ0) is 19.3. The van der Waals surface area contributed by atoms with Gasteiger partial charge in [-0.25, -0.2) is 0 Å². The third-order valence-electron chi connectivity index (χ3n) is 4.86. The number of furan rings is 1. The summed E-state index contributed by atoms with van der Waals surface area (Å²) in [5.41, 5.74) is 3.78. The summed E-state index contributed by atoms with van der Waals surface area (Å²) in [6.45, 7) is 0. The number of carbonyl (C=O) groups is 1. The van der Waals surface area contributed by atoms with Crippen LogP contribution in [0.3, 0.4) is 0 Å². The minimum atomic E-state index is -0.216. The Balaban J connectivity index is 1.68. The Morgan fingerprint density at radius 3 is 2.89 bits per heavy atom. The van der Waals surface area contributed by atoms with Crippen molar-refractivity contribution >= 4 is 34.2 Å². The second-order valence-corrected chi connectivity index (χ2v) is 6.93. The van der Waals surface area contributed by atoms with Gasteiger partial charge in [0.2, 0.25) is 5.91 Å². The molecule has 28 heavy (non-hydrogen) atoms. The summed E-state index contributed by atoms with van der Waals surface area (Å²) in [5.74, 6) is 1.04. The largest absolute Gasteiger partial charge is 0.495 e. The van der Waals surface area contributed by atoms with Crippen LogP contribution < -0.4 is 10.1 Å².